The SMILES string of the molecule is COc1cc(OC)cc(C(=O)OC2CC(C)OC2=O)c1. The fourth-order valence-electron chi connectivity index (χ4n) is 1.94. The second-order valence-electron chi connectivity index (χ2n) is 4.48. The molecule has 0 saturated carbocycles. The van der Waals surface area contributed by atoms with E-state index in [1.165, 1.54) is 26.4 Å². The van der Waals surface area contributed by atoms with Gasteiger partial charge in [0, 0.05) is 12.5 Å². The Balaban J connectivity index is 2.14. The number of esters is 2. The van der Waals surface area contributed by atoms with E-state index in [4.69, 9.17) is 18.9 Å². The van der Waals surface area contributed by atoms with Gasteiger partial charge in [0.1, 0.15) is 17.6 Å². The highest BCUT2D eigenvalue weighted by Gasteiger charge is 2.35. The molecule has 0 spiro atoms. The van der Waals surface area contributed by atoms with Crippen LogP contribution in [0, 0.1) is 0 Å². The van der Waals surface area contributed by atoms with Crippen LogP contribution < -0.4 is 9.47 Å². The summed E-state index contributed by atoms with van der Waals surface area (Å²) in [4.78, 5) is 23.5. The van der Waals surface area contributed by atoms with E-state index < -0.39 is 18.0 Å². The van der Waals surface area contributed by atoms with Crippen LogP contribution >= 0.6 is 0 Å². The van der Waals surface area contributed by atoms with Crippen molar-refractivity contribution in [2.45, 2.75) is 25.6 Å². The summed E-state index contributed by atoms with van der Waals surface area (Å²) in [6.07, 6.45) is -0.721. The maximum absolute atomic E-state index is 12.0. The number of ether oxygens (including phenoxy) is 4. The molecule has 2 atom stereocenters. The highest BCUT2D eigenvalue weighted by molar-refractivity contribution is 5.92. The van der Waals surface area contributed by atoms with Crippen LogP contribution in [-0.2, 0) is 14.3 Å². The highest BCUT2D eigenvalue weighted by Crippen LogP contribution is 2.24. The molecule has 1 aliphatic rings. The van der Waals surface area contributed by atoms with Gasteiger partial charge in [-0.2, -0.15) is 0 Å². The summed E-state index contributed by atoms with van der Waals surface area (Å²) in [7, 11) is 2.97. The Morgan fingerprint density at radius 2 is 1.80 bits per heavy atom. The van der Waals surface area contributed by atoms with E-state index >= 15 is 0 Å². The smallest absolute Gasteiger partial charge is 0.347 e. The van der Waals surface area contributed by atoms with E-state index in [1.807, 2.05) is 0 Å². The van der Waals surface area contributed by atoms with Crippen molar-refractivity contribution in [3.05, 3.63) is 23.8 Å². The van der Waals surface area contributed by atoms with Gasteiger partial charge >= 0.3 is 11.9 Å². The molecular weight excluding hydrogens is 264 g/mol. The topological polar surface area (TPSA) is 71.1 Å². The monoisotopic (exact) mass is 280 g/mol. The minimum absolute atomic E-state index is 0.236. The summed E-state index contributed by atoms with van der Waals surface area (Å²) in [5.41, 5.74) is 0.258. The van der Waals surface area contributed by atoms with E-state index in [2.05, 4.69) is 0 Å². The molecule has 0 radical (unpaired) electrons. The molecule has 1 fully saturated rings. The number of cyclic esters (lactones) is 1. The lowest BCUT2D eigenvalue weighted by Gasteiger charge is -2.10. The van der Waals surface area contributed by atoms with E-state index in [0.717, 1.165) is 0 Å². The van der Waals surface area contributed by atoms with E-state index in [1.54, 1.807) is 13.0 Å². The van der Waals surface area contributed by atoms with Crippen molar-refractivity contribution in [2.24, 2.45) is 0 Å². The van der Waals surface area contributed by atoms with Gasteiger partial charge in [0.2, 0.25) is 6.10 Å². The zero-order valence-electron chi connectivity index (χ0n) is 11.5. The maximum atomic E-state index is 12.0. The number of carbonyl (C=O) groups is 2. The number of carbonyl (C=O) groups excluding carboxylic acids is 2. The Morgan fingerprint density at radius 3 is 2.25 bits per heavy atom. The molecule has 1 aromatic rings. The minimum atomic E-state index is -0.852. The first-order chi connectivity index (χ1) is 9.53. The van der Waals surface area contributed by atoms with Crippen molar-refractivity contribution in [1.29, 1.82) is 0 Å². The minimum Gasteiger partial charge on any atom is -0.497 e. The fourth-order valence-corrected chi connectivity index (χ4v) is 1.94. The predicted molar refractivity (Wildman–Crippen MR) is 68.9 cm³/mol. The molecule has 0 N–H and O–H groups in total. The zero-order chi connectivity index (χ0) is 14.7. The molecule has 0 amide bonds. The van der Waals surface area contributed by atoms with Gasteiger partial charge in [0.15, 0.2) is 0 Å². The van der Waals surface area contributed by atoms with Crippen LogP contribution in [0.15, 0.2) is 18.2 Å². The average molecular weight is 280 g/mol. The van der Waals surface area contributed by atoms with Crippen LogP contribution in [0.3, 0.4) is 0 Å². The molecule has 6 nitrogen and oxygen atoms in total. The standard InChI is InChI=1S/C14H16O6/c1-8-4-12(14(16)19-8)20-13(15)9-5-10(17-2)7-11(6-9)18-3/h5-8,12H,4H2,1-3H3. The molecule has 0 aromatic heterocycles. The molecule has 2 rings (SSSR count). The summed E-state index contributed by atoms with van der Waals surface area (Å²) < 4.78 is 20.2. The van der Waals surface area contributed by atoms with Crippen molar-refractivity contribution < 1.29 is 28.5 Å². The molecule has 0 bridgehead atoms. The predicted octanol–water partition coefficient (Wildman–Crippen LogP) is 1.56. The van der Waals surface area contributed by atoms with E-state index in [-0.39, 0.29) is 11.7 Å². The first kappa shape index (κ1) is 14.2. The first-order valence-corrected chi connectivity index (χ1v) is 6.18. The van der Waals surface area contributed by atoms with Gasteiger partial charge in [0.25, 0.3) is 0 Å². The number of rotatable bonds is 4. The Hall–Kier alpha value is -2.24. The third kappa shape index (κ3) is 3.01. The number of hydrogen-bond acceptors (Lipinski definition) is 6. The summed E-state index contributed by atoms with van der Waals surface area (Å²) in [5.74, 6) is -0.184. The van der Waals surface area contributed by atoms with Crippen molar-refractivity contribution in [2.75, 3.05) is 14.2 Å². The fraction of sp³-hybridized carbons (Fsp3) is 0.429. The van der Waals surface area contributed by atoms with Gasteiger partial charge in [-0.15, -0.1) is 0 Å². The van der Waals surface area contributed by atoms with Gasteiger partial charge in [-0.1, -0.05) is 0 Å². The summed E-state index contributed by atoms with van der Waals surface area (Å²) >= 11 is 0. The molecule has 6 heteroatoms. The molecule has 108 valence electrons. The van der Waals surface area contributed by atoms with Crippen molar-refractivity contribution in [3.63, 3.8) is 0 Å². The lowest BCUT2D eigenvalue weighted by atomic mass is 10.2. The second kappa shape index (κ2) is 5.81. The van der Waals surface area contributed by atoms with Gasteiger partial charge in [-0.05, 0) is 19.1 Å². The Bertz CT molecular complexity index is 502. The number of hydrogen-bond donors (Lipinski definition) is 0. The molecule has 1 aliphatic heterocycles. The Morgan fingerprint density at radius 1 is 1.20 bits per heavy atom. The summed E-state index contributed by atoms with van der Waals surface area (Å²) in [5, 5.41) is 0. The second-order valence-corrected chi connectivity index (χ2v) is 4.48. The van der Waals surface area contributed by atoms with E-state index in [9.17, 15) is 9.59 Å². The highest BCUT2D eigenvalue weighted by atomic mass is 16.6. The molecular formula is C14H16O6. The number of methoxy groups -OCH3 is 2. The quantitative estimate of drug-likeness (QED) is 0.779. The van der Waals surface area contributed by atoms with E-state index in [0.29, 0.717) is 17.9 Å². The summed E-state index contributed by atoms with van der Waals surface area (Å²) in [6.45, 7) is 1.75. The average Bonchev–Trinajstić information content (AvgIpc) is 2.76. The Labute approximate surface area is 116 Å². The third-order valence-electron chi connectivity index (χ3n) is 2.96. The summed E-state index contributed by atoms with van der Waals surface area (Å²) in [6, 6.07) is 4.69. The molecule has 2 unspecified atom stereocenters. The largest absolute Gasteiger partial charge is 0.497 e. The van der Waals surface area contributed by atoms with Crippen LogP contribution in [0.1, 0.15) is 23.7 Å². The normalized spacial score (nSPS) is 21.2. The molecule has 20 heavy (non-hydrogen) atoms. The lowest BCUT2D eigenvalue weighted by Crippen LogP contribution is -2.22. The van der Waals surface area contributed by atoms with Crippen LogP contribution in [0.2, 0.25) is 0 Å². The van der Waals surface area contributed by atoms with Gasteiger partial charge in [-0.3, -0.25) is 0 Å². The van der Waals surface area contributed by atoms with Crippen LogP contribution in [-0.4, -0.2) is 38.4 Å². The first-order valence-electron chi connectivity index (χ1n) is 6.18. The maximum Gasteiger partial charge on any atom is 0.347 e. The lowest BCUT2D eigenvalue weighted by molar-refractivity contribution is -0.147. The van der Waals surface area contributed by atoms with Gasteiger partial charge in [-0.25, -0.2) is 9.59 Å². The van der Waals surface area contributed by atoms with Gasteiger partial charge in [0.05, 0.1) is 19.8 Å². The van der Waals surface area contributed by atoms with Crippen molar-refractivity contribution >= 4 is 11.9 Å². The van der Waals surface area contributed by atoms with Gasteiger partial charge < -0.3 is 18.9 Å². The van der Waals surface area contributed by atoms with Crippen LogP contribution in [0.5, 0.6) is 11.5 Å². The molecule has 1 aromatic carbocycles. The van der Waals surface area contributed by atoms with Crippen LogP contribution in [0.4, 0.5) is 0 Å². The molecule has 0 aliphatic carbocycles. The molecule has 1 saturated heterocycles. The zero-order valence-corrected chi connectivity index (χ0v) is 11.5. The van der Waals surface area contributed by atoms with Crippen LogP contribution in [0.25, 0.3) is 0 Å². The molecule has 1 heterocycles. The van der Waals surface area contributed by atoms with Crippen molar-refractivity contribution in [3.8, 4) is 11.5 Å². The Kier molecular flexibility index (Phi) is 4.12. The van der Waals surface area contributed by atoms with Crippen molar-refractivity contribution in [1.82, 2.24) is 0 Å². The number of benzene rings is 1. The third-order valence-corrected chi connectivity index (χ3v) is 2.96.